The van der Waals surface area contributed by atoms with Crippen LogP contribution in [0.3, 0.4) is 0 Å². The summed E-state index contributed by atoms with van der Waals surface area (Å²) in [5, 5.41) is 5.20. The van der Waals surface area contributed by atoms with E-state index in [2.05, 4.69) is 0 Å². The minimum absolute atomic E-state index is 0.156. The van der Waals surface area contributed by atoms with Crippen LogP contribution in [0.25, 0.3) is 0 Å². The fourth-order valence-electron chi connectivity index (χ4n) is 1.87. The van der Waals surface area contributed by atoms with Crippen LogP contribution < -0.4 is 5.14 Å². The van der Waals surface area contributed by atoms with E-state index in [0.717, 1.165) is 11.1 Å². The van der Waals surface area contributed by atoms with Gasteiger partial charge in [0, 0.05) is 11.8 Å². The number of rotatable bonds is 5. The van der Waals surface area contributed by atoms with Crippen LogP contribution in [0.4, 0.5) is 0 Å². The molecule has 0 radical (unpaired) electrons. The predicted octanol–water partition coefficient (Wildman–Crippen LogP) is 2.21. The van der Waals surface area contributed by atoms with Gasteiger partial charge in [-0.1, -0.05) is 6.07 Å². The lowest BCUT2D eigenvalue weighted by Gasteiger charge is -2.14. The zero-order chi connectivity index (χ0) is 13.1. The van der Waals surface area contributed by atoms with E-state index >= 15 is 0 Å². The summed E-state index contributed by atoms with van der Waals surface area (Å²) < 4.78 is 23.0. The molecule has 0 spiro atoms. The van der Waals surface area contributed by atoms with Crippen molar-refractivity contribution in [2.24, 2.45) is 5.14 Å². The maximum atomic E-state index is 11.5. The van der Waals surface area contributed by atoms with Crippen LogP contribution in [0.15, 0.2) is 17.0 Å². The first kappa shape index (κ1) is 14.8. The molecule has 0 saturated carbocycles. The second-order valence-corrected chi connectivity index (χ2v) is 6.05. The summed E-state index contributed by atoms with van der Waals surface area (Å²) >= 11 is 11.4. The molecule has 0 unspecified atom stereocenters. The minimum atomic E-state index is -3.71. The maximum Gasteiger partial charge on any atom is 0.238 e. The van der Waals surface area contributed by atoms with Crippen LogP contribution in [0.2, 0.25) is 0 Å². The first-order valence-electron chi connectivity index (χ1n) is 5.18. The highest BCUT2D eigenvalue weighted by molar-refractivity contribution is 7.89. The molecule has 0 fully saturated rings. The van der Waals surface area contributed by atoms with Crippen molar-refractivity contribution >= 4 is 33.2 Å². The molecule has 0 saturated heterocycles. The van der Waals surface area contributed by atoms with Gasteiger partial charge in [-0.25, -0.2) is 13.6 Å². The van der Waals surface area contributed by atoms with E-state index in [1.54, 1.807) is 6.07 Å². The van der Waals surface area contributed by atoms with Crippen LogP contribution in [0, 0.1) is 6.92 Å². The number of hydrogen-bond acceptors (Lipinski definition) is 2. The molecule has 0 aliphatic carbocycles. The Morgan fingerprint density at radius 1 is 1.12 bits per heavy atom. The molecule has 3 nitrogen and oxygen atoms in total. The molecule has 0 atom stereocenters. The number of halogens is 2. The van der Waals surface area contributed by atoms with Crippen LogP contribution >= 0.6 is 23.2 Å². The van der Waals surface area contributed by atoms with Gasteiger partial charge in [0.25, 0.3) is 0 Å². The summed E-state index contributed by atoms with van der Waals surface area (Å²) in [6, 6.07) is 3.28. The van der Waals surface area contributed by atoms with Crippen LogP contribution in [0.5, 0.6) is 0 Å². The number of benzene rings is 1. The van der Waals surface area contributed by atoms with Crippen molar-refractivity contribution in [1.29, 1.82) is 0 Å². The minimum Gasteiger partial charge on any atom is -0.225 e. The molecule has 1 aromatic rings. The number of alkyl halides is 2. The van der Waals surface area contributed by atoms with Gasteiger partial charge in [-0.2, -0.15) is 0 Å². The zero-order valence-electron chi connectivity index (χ0n) is 9.54. The molecule has 0 amide bonds. The van der Waals surface area contributed by atoms with Gasteiger partial charge in [0.1, 0.15) is 0 Å². The molecule has 2 N–H and O–H groups in total. The van der Waals surface area contributed by atoms with Gasteiger partial charge >= 0.3 is 0 Å². The van der Waals surface area contributed by atoms with Crippen molar-refractivity contribution in [3.63, 3.8) is 0 Å². The Morgan fingerprint density at radius 3 is 2.12 bits per heavy atom. The highest BCUT2D eigenvalue weighted by atomic mass is 35.5. The number of primary sulfonamides is 1. The van der Waals surface area contributed by atoms with Gasteiger partial charge < -0.3 is 0 Å². The SMILES string of the molecule is Cc1ccc(S(N)(=O)=O)c(CCCl)c1CCCl. The molecular weight excluding hydrogens is 281 g/mol. The van der Waals surface area contributed by atoms with Crippen LogP contribution in [-0.4, -0.2) is 20.2 Å². The second-order valence-electron chi connectivity index (χ2n) is 3.76. The van der Waals surface area contributed by atoms with E-state index in [1.807, 2.05) is 6.92 Å². The quantitative estimate of drug-likeness (QED) is 0.847. The Hall–Kier alpha value is -0.290. The molecular formula is C11H15Cl2NO2S. The number of sulfonamides is 1. The Morgan fingerprint density at radius 2 is 1.65 bits per heavy atom. The Balaban J connectivity index is 3.47. The molecule has 0 aromatic heterocycles. The van der Waals surface area contributed by atoms with Gasteiger partial charge in [0.05, 0.1) is 4.90 Å². The van der Waals surface area contributed by atoms with Crippen molar-refractivity contribution in [2.45, 2.75) is 24.7 Å². The van der Waals surface area contributed by atoms with Crippen molar-refractivity contribution in [3.8, 4) is 0 Å². The molecule has 1 rings (SSSR count). The molecule has 0 aliphatic heterocycles. The molecule has 96 valence electrons. The van der Waals surface area contributed by atoms with Gasteiger partial charge in [-0.15, -0.1) is 23.2 Å². The highest BCUT2D eigenvalue weighted by Crippen LogP contribution is 2.24. The molecule has 0 aliphatic rings. The fourth-order valence-corrected chi connectivity index (χ4v) is 3.07. The molecule has 6 heteroatoms. The first-order valence-corrected chi connectivity index (χ1v) is 7.79. The topological polar surface area (TPSA) is 60.2 Å². The van der Waals surface area contributed by atoms with Crippen LogP contribution in [0.1, 0.15) is 16.7 Å². The van der Waals surface area contributed by atoms with Gasteiger partial charge in [-0.3, -0.25) is 0 Å². The van der Waals surface area contributed by atoms with Crippen LogP contribution in [-0.2, 0) is 22.9 Å². The van der Waals surface area contributed by atoms with E-state index in [9.17, 15) is 8.42 Å². The highest BCUT2D eigenvalue weighted by Gasteiger charge is 2.17. The van der Waals surface area contributed by atoms with Crippen molar-refractivity contribution in [2.75, 3.05) is 11.8 Å². The summed E-state index contributed by atoms with van der Waals surface area (Å²) in [7, 11) is -3.71. The lowest BCUT2D eigenvalue weighted by molar-refractivity contribution is 0.596. The Bertz CT molecular complexity index is 500. The Kier molecular flexibility index (Phi) is 5.25. The summed E-state index contributed by atoms with van der Waals surface area (Å²) in [5.74, 6) is 0.783. The van der Waals surface area contributed by atoms with Gasteiger partial charge in [-0.05, 0) is 42.5 Å². The number of aryl methyl sites for hydroxylation is 1. The summed E-state index contributed by atoms with van der Waals surface area (Å²) in [5.41, 5.74) is 2.65. The predicted molar refractivity (Wildman–Crippen MR) is 71.4 cm³/mol. The van der Waals surface area contributed by atoms with E-state index < -0.39 is 10.0 Å². The van der Waals surface area contributed by atoms with Gasteiger partial charge in [0.15, 0.2) is 0 Å². The van der Waals surface area contributed by atoms with Crippen molar-refractivity contribution in [1.82, 2.24) is 0 Å². The largest absolute Gasteiger partial charge is 0.238 e. The van der Waals surface area contributed by atoms with Crippen molar-refractivity contribution < 1.29 is 8.42 Å². The van der Waals surface area contributed by atoms with E-state index in [-0.39, 0.29) is 4.90 Å². The zero-order valence-corrected chi connectivity index (χ0v) is 11.9. The summed E-state index contributed by atoms with van der Waals surface area (Å²) in [6.45, 7) is 1.92. The van der Waals surface area contributed by atoms with Crippen molar-refractivity contribution in [3.05, 3.63) is 28.8 Å². The maximum absolute atomic E-state index is 11.5. The molecule has 0 heterocycles. The Labute approximate surface area is 112 Å². The third kappa shape index (κ3) is 3.58. The van der Waals surface area contributed by atoms with E-state index in [4.69, 9.17) is 28.3 Å². The molecule has 1 aromatic carbocycles. The van der Waals surface area contributed by atoms with E-state index in [1.165, 1.54) is 6.07 Å². The summed E-state index contributed by atoms with van der Waals surface area (Å²) in [4.78, 5) is 0.156. The lowest BCUT2D eigenvalue weighted by atomic mass is 9.98. The monoisotopic (exact) mass is 295 g/mol. The smallest absolute Gasteiger partial charge is 0.225 e. The molecule has 0 bridgehead atoms. The summed E-state index contributed by atoms with van der Waals surface area (Å²) in [6.07, 6.45) is 1.09. The third-order valence-electron chi connectivity index (χ3n) is 2.62. The van der Waals surface area contributed by atoms with E-state index in [0.29, 0.717) is 30.2 Å². The van der Waals surface area contributed by atoms with Gasteiger partial charge in [0.2, 0.25) is 10.0 Å². The number of hydrogen-bond donors (Lipinski definition) is 1. The normalized spacial score (nSPS) is 11.8. The molecule has 17 heavy (non-hydrogen) atoms. The first-order chi connectivity index (χ1) is 7.91. The number of nitrogens with two attached hydrogens (primary N) is 1. The standard InChI is InChI=1S/C11H15Cl2NO2S/c1-8-2-3-11(17(14,15)16)10(5-7-13)9(8)4-6-12/h2-3H,4-7H2,1H3,(H2,14,15,16). The fraction of sp³-hybridized carbons (Fsp3) is 0.455. The average Bonchev–Trinajstić information content (AvgIpc) is 2.22. The third-order valence-corrected chi connectivity index (χ3v) is 3.99. The lowest BCUT2D eigenvalue weighted by Crippen LogP contribution is -2.17. The second kappa shape index (κ2) is 6.05. The average molecular weight is 296 g/mol.